The van der Waals surface area contributed by atoms with Crippen molar-refractivity contribution in [3.8, 4) is 0 Å². The number of rotatable bonds is 5. The van der Waals surface area contributed by atoms with Crippen molar-refractivity contribution in [2.24, 2.45) is 5.92 Å². The van der Waals surface area contributed by atoms with E-state index in [0.29, 0.717) is 6.42 Å². The van der Waals surface area contributed by atoms with Gasteiger partial charge in [0.1, 0.15) is 12.3 Å². The van der Waals surface area contributed by atoms with Crippen molar-refractivity contribution in [1.82, 2.24) is 5.32 Å². The van der Waals surface area contributed by atoms with Crippen LogP contribution in [0.15, 0.2) is 12.7 Å². The highest BCUT2D eigenvalue weighted by molar-refractivity contribution is 5.81. The predicted molar refractivity (Wildman–Crippen MR) is 57.3 cm³/mol. The van der Waals surface area contributed by atoms with E-state index in [0.717, 1.165) is 13.2 Å². The Morgan fingerprint density at radius 2 is 2.47 bits per heavy atom. The zero-order chi connectivity index (χ0) is 11.3. The van der Waals surface area contributed by atoms with Crippen LogP contribution in [0.25, 0.3) is 0 Å². The van der Waals surface area contributed by atoms with Gasteiger partial charge < -0.3 is 9.47 Å². The molecule has 0 saturated carbocycles. The molecule has 1 fully saturated rings. The van der Waals surface area contributed by atoms with Crippen LogP contribution in [-0.2, 0) is 14.3 Å². The van der Waals surface area contributed by atoms with Crippen LogP contribution < -0.4 is 5.32 Å². The van der Waals surface area contributed by atoms with Gasteiger partial charge in [-0.3, -0.25) is 5.32 Å². The zero-order valence-electron chi connectivity index (χ0n) is 9.36. The monoisotopic (exact) mass is 213 g/mol. The number of esters is 1. The maximum Gasteiger partial charge on any atom is 0.330 e. The van der Waals surface area contributed by atoms with Crippen molar-refractivity contribution in [1.29, 1.82) is 0 Å². The first kappa shape index (κ1) is 12.2. The maximum atomic E-state index is 11.1. The van der Waals surface area contributed by atoms with E-state index in [2.05, 4.69) is 11.9 Å². The van der Waals surface area contributed by atoms with Gasteiger partial charge in [0, 0.05) is 19.0 Å². The van der Waals surface area contributed by atoms with E-state index in [1.54, 1.807) is 0 Å². The summed E-state index contributed by atoms with van der Waals surface area (Å²) in [7, 11) is 0. The Hall–Kier alpha value is -0.870. The van der Waals surface area contributed by atoms with Gasteiger partial charge in [0.15, 0.2) is 0 Å². The smallest absolute Gasteiger partial charge is 0.330 e. The Labute approximate surface area is 90.6 Å². The Morgan fingerprint density at radius 3 is 2.93 bits per heavy atom. The van der Waals surface area contributed by atoms with Crippen molar-refractivity contribution in [2.75, 3.05) is 13.2 Å². The molecule has 1 aliphatic heterocycles. The SMILES string of the molecule is C=CC(=O)OC(CC1NCCO1)C(C)C. The molecule has 1 rings (SSSR count). The van der Waals surface area contributed by atoms with Gasteiger partial charge in [-0.2, -0.15) is 0 Å². The second kappa shape index (κ2) is 5.88. The van der Waals surface area contributed by atoms with Crippen LogP contribution in [0.3, 0.4) is 0 Å². The summed E-state index contributed by atoms with van der Waals surface area (Å²) in [6, 6.07) is 0. The average Bonchev–Trinajstić information content (AvgIpc) is 2.69. The molecule has 0 spiro atoms. The predicted octanol–water partition coefficient (Wildman–Crippen LogP) is 1.08. The first-order valence-electron chi connectivity index (χ1n) is 5.31. The van der Waals surface area contributed by atoms with Crippen molar-refractivity contribution in [3.05, 3.63) is 12.7 Å². The molecule has 0 aromatic heterocycles. The van der Waals surface area contributed by atoms with E-state index in [9.17, 15) is 4.79 Å². The second-order valence-corrected chi connectivity index (χ2v) is 3.97. The molecule has 1 aliphatic rings. The largest absolute Gasteiger partial charge is 0.459 e. The summed E-state index contributed by atoms with van der Waals surface area (Å²) in [4.78, 5) is 11.1. The Bertz CT molecular complexity index is 222. The topological polar surface area (TPSA) is 47.6 Å². The van der Waals surface area contributed by atoms with Crippen LogP contribution in [-0.4, -0.2) is 31.5 Å². The molecule has 0 bridgehead atoms. The highest BCUT2D eigenvalue weighted by Gasteiger charge is 2.24. The molecule has 4 heteroatoms. The third-order valence-corrected chi connectivity index (χ3v) is 2.42. The fourth-order valence-electron chi connectivity index (χ4n) is 1.50. The number of hydrogen-bond donors (Lipinski definition) is 1. The van der Waals surface area contributed by atoms with Crippen LogP contribution >= 0.6 is 0 Å². The maximum absolute atomic E-state index is 11.1. The molecule has 4 nitrogen and oxygen atoms in total. The van der Waals surface area contributed by atoms with Crippen LogP contribution in [0.4, 0.5) is 0 Å². The number of carbonyl (C=O) groups is 1. The van der Waals surface area contributed by atoms with Crippen molar-refractivity contribution < 1.29 is 14.3 Å². The molecule has 86 valence electrons. The molecular formula is C11H19NO3. The van der Waals surface area contributed by atoms with E-state index in [-0.39, 0.29) is 24.2 Å². The van der Waals surface area contributed by atoms with Gasteiger partial charge in [-0.05, 0) is 5.92 Å². The van der Waals surface area contributed by atoms with Crippen molar-refractivity contribution in [3.63, 3.8) is 0 Å². The summed E-state index contributed by atoms with van der Waals surface area (Å²) in [5.41, 5.74) is 0. The van der Waals surface area contributed by atoms with Gasteiger partial charge in [0.05, 0.1) is 6.61 Å². The minimum atomic E-state index is -0.369. The van der Waals surface area contributed by atoms with Crippen LogP contribution in [0.1, 0.15) is 20.3 Å². The summed E-state index contributed by atoms with van der Waals surface area (Å²) in [6.45, 7) is 9.02. The molecule has 15 heavy (non-hydrogen) atoms. The first-order chi connectivity index (χ1) is 7.13. The fraction of sp³-hybridized carbons (Fsp3) is 0.727. The van der Waals surface area contributed by atoms with Gasteiger partial charge in [0.25, 0.3) is 0 Å². The fourth-order valence-corrected chi connectivity index (χ4v) is 1.50. The quantitative estimate of drug-likeness (QED) is 0.548. The number of carbonyl (C=O) groups excluding carboxylic acids is 1. The molecule has 0 aliphatic carbocycles. The summed E-state index contributed by atoms with van der Waals surface area (Å²) >= 11 is 0. The lowest BCUT2D eigenvalue weighted by Gasteiger charge is -2.23. The van der Waals surface area contributed by atoms with Crippen LogP contribution in [0, 0.1) is 5.92 Å². The molecule has 0 amide bonds. The molecule has 0 radical (unpaired) electrons. The third kappa shape index (κ3) is 4.01. The number of hydrogen-bond acceptors (Lipinski definition) is 4. The van der Waals surface area contributed by atoms with E-state index in [1.165, 1.54) is 6.08 Å². The van der Waals surface area contributed by atoms with E-state index in [4.69, 9.17) is 9.47 Å². The molecule has 1 saturated heterocycles. The third-order valence-electron chi connectivity index (χ3n) is 2.42. The standard InChI is InChI=1S/C11H19NO3/c1-4-11(13)15-9(8(2)3)7-10-12-5-6-14-10/h4,8-10,12H,1,5-7H2,2-3H3. The summed E-state index contributed by atoms with van der Waals surface area (Å²) < 4.78 is 10.7. The molecule has 2 unspecified atom stereocenters. The van der Waals surface area contributed by atoms with Crippen LogP contribution in [0.2, 0.25) is 0 Å². The summed E-state index contributed by atoms with van der Waals surface area (Å²) in [6.07, 6.45) is 1.77. The first-order valence-corrected chi connectivity index (χ1v) is 5.31. The van der Waals surface area contributed by atoms with Gasteiger partial charge in [-0.1, -0.05) is 20.4 Å². The van der Waals surface area contributed by atoms with E-state index >= 15 is 0 Å². The van der Waals surface area contributed by atoms with Gasteiger partial charge in [-0.25, -0.2) is 4.79 Å². The van der Waals surface area contributed by atoms with E-state index in [1.807, 2.05) is 13.8 Å². The Morgan fingerprint density at radius 1 is 1.73 bits per heavy atom. The number of ether oxygens (including phenoxy) is 2. The lowest BCUT2D eigenvalue weighted by atomic mass is 10.0. The molecule has 0 aromatic carbocycles. The molecule has 1 N–H and O–H groups in total. The molecule has 2 atom stereocenters. The van der Waals surface area contributed by atoms with Gasteiger partial charge in [0.2, 0.25) is 0 Å². The van der Waals surface area contributed by atoms with Crippen LogP contribution in [0.5, 0.6) is 0 Å². The van der Waals surface area contributed by atoms with E-state index < -0.39 is 0 Å². The molecule has 1 heterocycles. The normalized spacial score (nSPS) is 22.7. The molecular weight excluding hydrogens is 194 g/mol. The lowest BCUT2D eigenvalue weighted by Crippen LogP contribution is -2.33. The zero-order valence-corrected chi connectivity index (χ0v) is 9.36. The summed E-state index contributed by atoms with van der Waals surface area (Å²) in [5.74, 6) is -0.0911. The Kier molecular flexibility index (Phi) is 4.78. The van der Waals surface area contributed by atoms with Crippen molar-refractivity contribution in [2.45, 2.75) is 32.6 Å². The lowest BCUT2D eigenvalue weighted by molar-refractivity contribution is -0.147. The summed E-state index contributed by atoms with van der Waals surface area (Å²) in [5, 5.41) is 3.19. The highest BCUT2D eigenvalue weighted by Crippen LogP contribution is 2.15. The minimum Gasteiger partial charge on any atom is -0.459 e. The average molecular weight is 213 g/mol. The van der Waals surface area contributed by atoms with Gasteiger partial charge >= 0.3 is 5.97 Å². The second-order valence-electron chi connectivity index (χ2n) is 3.97. The minimum absolute atomic E-state index is 0.00927. The number of nitrogens with one attached hydrogen (secondary N) is 1. The molecule has 0 aromatic rings. The van der Waals surface area contributed by atoms with Gasteiger partial charge in [-0.15, -0.1) is 0 Å². The highest BCUT2D eigenvalue weighted by atomic mass is 16.5. The Balaban J connectivity index is 2.42. The van der Waals surface area contributed by atoms with Crippen molar-refractivity contribution >= 4 is 5.97 Å².